The molecule has 1 N–H and O–H groups in total. The maximum absolute atomic E-state index is 13.0. The number of alkyl halides is 3. The molecule has 0 saturated heterocycles. The molecule has 0 fully saturated rings. The Morgan fingerprint density at radius 2 is 1.30 bits per heavy atom. The Morgan fingerprint density at radius 1 is 0.837 bits per heavy atom. The fourth-order valence-electron chi connectivity index (χ4n) is 3.29. The van der Waals surface area contributed by atoms with Crippen molar-refractivity contribution >= 4 is 22.8 Å². The van der Waals surface area contributed by atoms with Gasteiger partial charge in [-0.2, -0.15) is 0 Å². The van der Waals surface area contributed by atoms with Crippen molar-refractivity contribution in [3.05, 3.63) is 23.8 Å². The van der Waals surface area contributed by atoms with Gasteiger partial charge in [-0.05, 0) is 19.1 Å². The Kier molecular flexibility index (Phi) is 17.8. The highest BCUT2D eigenvalue weighted by molar-refractivity contribution is 8.14. The Hall–Kier alpha value is -2.18. The first-order valence-electron chi connectivity index (χ1n) is 13.6. The lowest BCUT2D eigenvalue weighted by Gasteiger charge is -2.15. The van der Waals surface area contributed by atoms with Crippen LogP contribution in [0.5, 0.6) is 11.5 Å². The second-order valence-electron chi connectivity index (χ2n) is 9.01. The third kappa shape index (κ3) is 15.9. The summed E-state index contributed by atoms with van der Waals surface area (Å²) in [5.41, 5.74) is -1.39. The van der Waals surface area contributed by atoms with Gasteiger partial charge in [0.15, 0.2) is 5.54 Å². The van der Waals surface area contributed by atoms with E-state index in [4.69, 9.17) is 37.9 Å². The Balaban J connectivity index is 1.52. The Labute approximate surface area is 253 Å². The third-order valence-corrected chi connectivity index (χ3v) is 6.79. The summed E-state index contributed by atoms with van der Waals surface area (Å²) in [7, 11) is 1.62. The molecule has 0 aromatic heterocycles. The highest BCUT2D eigenvalue weighted by Crippen LogP contribution is 2.37. The fraction of sp³-hybridized carbons (Fsp3) is 0.704. The number of carbonyl (C=O) groups is 1. The Bertz CT molecular complexity index is 971. The number of methoxy groups -OCH3 is 1. The van der Waals surface area contributed by atoms with Crippen LogP contribution in [0, 0.1) is 0 Å². The van der Waals surface area contributed by atoms with E-state index < -0.39 is 23.6 Å². The first-order valence-corrected chi connectivity index (χ1v) is 14.6. The molecule has 1 aromatic rings. The number of carboxylic acid groups (broad SMARTS) is 1. The lowest BCUT2D eigenvalue weighted by atomic mass is 10.1. The maximum atomic E-state index is 13.0. The first-order chi connectivity index (χ1) is 20.6. The van der Waals surface area contributed by atoms with Crippen LogP contribution in [0.3, 0.4) is 0 Å². The highest BCUT2D eigenvalue weighted by atomic mass is 32.2. The lowest BCUT2D eigenvalue weighted by molar-refractivity contribution is -0.274. The standard InChI is InChI=1S/C27H40F3NO11S/c1-26(25(32)33)20-43-24(31-26)22-4-3-21(19-23(22)42-27(28,29)30)41-18-17-40-16-15-39-14-13-38-12-11-37-10-9-36-8-7-35-6-5-34-2/h3-4,19H,5-18,20H2,1-2H3,(H,32,33)/t26-/m1/s1. The number of aliphatic imine (C=N–C) groups is 1. The smallest absolute Gasteiger partial charge is 0.491 e. The van der Waals surface area contributed by atoms with Crippen molar-refractivity contribution in [3.8, 4) is 11.5 Å². The highest BCUT2D eigenvalue weighted by Gasteiger charge is 2.40. The van der Waals surface area contributed by atoms with Crippen LogP contribution in [0.2, 0.25) is 0 Å². The molecule has 43 heavy (non-hydrogen) atoms. The van der Waals surface area contributed by atoms with Crippen molar-refractivity contribution in [1.29, 1.82) is 0 Å². The number of ether oxygens (including phenoxy) is 9. The molecule has 0 saturated carbocycles. The van der Waals surface area contributed by atoms with Gasteiger partial charge in [-0.25, -0.2) is 4.79 Å². The first kappa shape index (κ1) is 37.0. The molecule has 2 rings (SSSR count). The molecule has 0 bridgehead atoms. The molecular weight excluding hydrogens is 603 g/mol. The quantitative estimate of drug-likeness (QED) is 0.157. The van der Waals surface area contributed by atoms with Crippen LogP contribution in [0.25, 0.3) is 0 Å². The third-order valence-electron chi connectivity index (χ3n) is 5.50. The van der Waals surface area contributed by atoms with Crippen molar-refractivity contribution in [2.45, 2.75) is 18.8 Å². The van der Waals surface area contributed by atoms with E-state index in [9.17, 15) is 23.1 Å². The summed E-state index contributed by atoms with van der Waals surface area (Å²) >= 11 is 1.05. The molecular formula is C27H40F3NO11S. The molecule has 16 heteroatoms. The molecule has 1 aliphatic rings. The number of benzene rings is 1. The van der Waals surface area contributed by atoms with Crippen LogP contribution in [-0.4, -0.2) is 133 Å². The average Bonchev–Trinajstić information content (AvgIpc) is 3.36. The molecule has 0 unspecified atom stereocenters. The van der Waals surface area contributed by atoms with Crippen LogP contribution in [0.4, 0.5) is 13.2 Å². The minimum Gasteiger partial charge on any atom is -0.491 e. The molecule has 0 spiro atoms. The van der Waals surface area contributed by atoms with Gasteiger partial charge in [-0.1, -0.05) is 0 Å². The molecule has 0 radical (unpaired) electrons. The van der Waals surface area contributed by atoms with Crippen LogP contribution in [-0.2, 0) is 38.0 Å². The van der Waals surface area contributed by atoms with Crippen LogP contribution in [0.15, 0.2) is 23.2 Å². The number of halogens is 3. The second-order valence-corrected chi connectivity index (χ2v) is 9.97. The molecule has 1 aliphatic heterocycles. The van der Waals surface area contributed by atoms with Gasteiger partial charge in [0.1, 0.15) is 23.1 Å². The van der Waals surface area contributed by atoms with Crippen LogP contribution in [0.1, 0.15) is 12.5 Å². The van der Waals surface area contributed by atoms with Gasteiger partial charge in [-0.3, -0.25) is 4.99 Å². The summed E-state index contributed by atoms with van der Waals surface area (Å²) < 4.78 is 85.9. The number of rotatable bonds is 25. The summed E-state index contributed by atoms with van der Waals surface area (Å²) in [4.78, 5) is 15.5. The van der Waals surface area contributed by atoms with Gasteiger partial charge in [0.25, 0.3) is 0 Å². The van der Waals surface area contributed by atoms with Gasteiger partial charge in [-0.15, -0.1) is 24.9 Å². The number of thioether (sulfide) groups is 1. The molecule has 246 valence electrons. The summed E-state index contributed by atoms with van der Waals surface area (Å²) in [6.45, 7) is 7.02. The molecule has 12 nitrogen and oxygen atoms in total. The fourth-order valence-corrected chi connectivity index (χ4v) is 4.48. The van der Waals surface area contributed by atoms with E-state index >= 15 is 0 Å². The van der Waals surface area contributed by atoms with E-state index in [0.717, 1.165) is 17.8 Å². The molecule has 1 heterocycles. The van der Waals surface area contributed by atoms with Crippen molar-refractivity contribution in [3.63, 3.8) is 0 Å². The topological polar surface area (TPSA) is 133 Å². The van der Waals surface area contributed by atoms with E-state index in [1.165, 1.54) is 19.1 Å². The van der Waals surface area contributed by atoms with E-state index in [1.807, 2.05) is 0 Å². The summed E-state index contributed by atoms with van der Waals surface area (Å²) in [6.07, 6.45) is -4.95. The minimum atomic E-state index is -4.95. The molecule has 0 aliphatic carbocycles. The molecule has 0 amide bonds. The van der Waals surface area contributed by atoms with Crippen molar-refractivity contribution in [2.75, 3.05) is 105 Å². The van der Waals surface area contributed by atoms with Gasteiger partial charge in [0, 0.05) is 24.5 Å². The van der Waals surface area contributed by atoms with Gasteiger partial charge in [0.05, 0.1) is 85.9 Å². The predicted octanol–water partition coefficient (Wildman–Crippen LogP) is 3.05. The van der Waals surface area contributed by atoms with Gasteiger partial charge in [0.2, 0.25) is 0 Å². The van der Waals surface area contributed by atoms with Crippen LogP contribution >= 0.6 is 11.8 Å². The van der Waals surface area contributed by atoms with E-state index in [2.05, 4.69) is 9.73 Å². The van der Waals surface area contributed by atoms with E-state index in [1.54, 1.807) is 7.11 Å². The van der Waals surface area contributed by atoms with Crippen molar-refractivity contribution in [1.82, 2.24) is 0 Å². The largest absolute Gasteiger partial charge is 0.573 e. The van der Waals surface area contributed by atoms with E-state index in [-0.39, 0.29) is 35.3 Å². The molecule has 1 aromatic carbocycles. The van der Waals surface area contributed by atoms with Gasteiger partial charge >= 0.3 is 12.3 Å². The SMILES string of the molecule is COCCOCCOCCOCCOCCOCCOCCOc1ccc(C2=N[C@@](C)(C(=O)O)CS2)c(OC(F)(F)F)c1. The van der Waals surface area contributed by atoms with Crippen LogP contribution < -0.4 is 9.47 Å². The molecule has 1 atom stereocenters. The zero-order valence-corrected chi connectivity index (χ0v) is 25.2. The Morgan fingerprint density at radius 3 is 1.72 bits per heavy atom. The monoisotopic (exact) mass is 643 g/mol. The lowest BCUT2D eigenvalue weighted by Crippen LogP contribution is -2.33. The number of nitrogens with zero attached hydrogens (tertiary/aromatic N) is 1. The maximum Gasteiger partial charge on any atom is 0.573 e. The zero-order chi connectivity index (χ0) is 31.4. The second kappa shape index (κ2) is 20.7. The van der Waals surface area contributed by atoms with Crippen molar-refractivity contribution in [2.24, 2.45) is 4.99 Å². The normalized spacial score (nSPS) is 16.8. The number of carboxylic acids is 1. The number of aliphatic carboxylic acids is 1. The average molecular weight is 644 g/mol. The number of hydrogen-bond acceptors (Lipinski definition) is 12. The summed E-state index contributed by atoms with van der Waals surface area (Å²) in [6, 6.07) is 3.91. The van der Waals surface area contributed by atoms with Crippen molar-refractivity contribution < 1.29 is 65.7 Å². The van der Waals surface area contributed by atoms with E-state index in [0.29, 0.717) is 79.3 Å². The minimum absolute atomic E-state index is 0.0330. The predicted molar refractivity (Wildman–Crippen MR) is 150 cm³/mol. The number of hydrogen-bond donors (Lipinski definition) is 1. The summed E-state index contributed by atoms with van der Waals surface area (Å²) in [5, 5.41) is 9.49. The van der Waals surface area contributed by atoms with Gasteiger partial charge < -0.3 is 47.7 Å². The summed E-state index contributed by atoms with van der Waals surface area (Å²) in [5.74, 6) is -1.47. The zero-order valence-electron chi connectivity index (χ0n) is 24.4.